The molecule has 2 fully saturated rings. The molecule has 2 amide bonds. The Bertz CT molecular complexity index is 714. The maximum Gasteiger partial charge on any atom is 0.407 e. The van der Waals surface area contributed by atoms with Crippen molar-refractivity contribution < 1.29 is 18.7 Å². The summed E-state index contributed by atoms with van der Waals surface area (Å²) in [6.45, 7) is 7.05. The van der Waals surface area contributed by atoms with Gasteiger partial charge in [0.05, 0.1) is 0 Å². The predicted octanol–water partition coefficient (Wildman–Crippen LogP) is 4.30. The molecule has 1 aromatic carbocycles. The van der Waals surface area contributed by atoms with E-state index in [1.165, 1.54) is 12.1 Å². The van der Waals surface area contributed by atoms with Crippen molar-refractivity contribution in [2.75, 3.05) is 13.1 Å². The number of hydrogen-bond acceptors (Lipinski definition) is 3. The minimum absolute atomic E-state index is 0.0521. The normalized spacial score (nSPS) is 24.6. The molecule has 160 valence electrons. The highest BCUT2D eigenvalue weighted by atomic mass is 19.1. The van der Waals surface area contributed by atoms with Crippen molar-refractivity contribution in [3.63, 3.8) is 0 Å². The monoisotopic (exact) mass is 404 g/mol. The van der Waals surface area contributed by atoms with Crippen LogP contribution in [0, 0.1) is 17.7 Å². The Labute approximate surface area is 173 Å². The predicted molar refractivity (Wildman–Crippen MR) is 110 cm³/mol. The lowest BCUT2D eigenvalue weighted by molar-refractivity contribution is -0.134. The van der Waals surface area contributed by atoms with Gasteiger partial charge < -0.3 is 15.0 Å². The fourth-order valence-electron chi connectivity index (χ4n) is 4.58. The van der Waals surface area contributed by atoms with E-state index >= 15 is 0 Å². The topological polar surface area (TPSA) is 58.6 Å². The highest BCUT2D eigenvalue weighted by molar-refractivity contribution is 5.76. The van der Waals surface area contributed by atoms with Crippen LogP contribution in [-0.4, -0.2) is 41.6 Å². The summed E-state index contributed by atoms with van der Waals surface area (Å²) in [7, 11) is 0. The van der Waals surface area contributed by atoms with Crippen LogP contribution in [0.3, 0.4) is 0 Å². The Kier molecular flexibility index (Phi) is 6.81. The fourth-order valence-corrected chi connectivity index (χ4v) is 4.58. The van der Waals surface area contributed by atoms with Gasteiger partial charge in [-0.3, -0.25) is 4.79 Å². The second-order valence-electron chi connectivity index (χ2n) is 9.36. The average molecular weight is 405 g/mol. The Morgan fingerprint density at radius 2 is 1.90 bits per heavy atom. The zero-order valence-corrected chi connectivity index (χ0v) is 17.7. The molecule has 1 aromatic rings. The van der Waals surface area contributed by atoms with Gasteiger partial charge in [-0.2, -0.15) is 0 Å². The summed E-state index contributed by atoms with van der Waals surface area (Å²) in [5.74, 6) is 0.696. The molecule has 6 heteroatoms. The Balaban J connectivity index is 1.55. The van der Waals surface area contributed by atoms with Gasteiger partial charge in [-0.25, -0.2) is 9.18 Å². The van der Waals surface area contributed by atoms with Crippen LogP contribution < -0.4 is 5.32 Å². The van der Waals surface area contributed by atoms with E-state index in [9.17, 15) is 14.0 Å². The molecule has 1 aliphatic heterocycles. The van der Waals surface area contributed by atoms with Gasteiger partial charge in [0.1, 0.15) is 11.4 Å². The molecule has 1 saturated heterocycles. The number of halogens is 1. The minimum Gasteiger partial charge on any atom is -0.444 e. The van der Waals surface area contributed by atoms with Crippen LogP contribution in [0.2, 0.25) is 0 Å². The van der Waals surface area contributed by atoms with Gasteiger partial charge in [-0.05, 0) is 76.0 Å². The molecule has 5 nitrogen and oxygen atoms in total. The number of hydrogen-bond donors (Lipinski definition) is 1. The minimum atomic E-state index is -0.521. The zero-order chi connectivity index (χ0) is 21.0. The number of fused-ring (bicyclic) bond motifs is 1. The second-order valence-corrected chi connectivity index (χ2v) is 9.36. The number of likely N-dealkylation sites (tertiary alicyclic amines) is 1. The van der Waals surface area contributed by atoms with Gasteiger partial charge in [0.2, 0.25) is 5.91 Å². The standard InChI is InChI=1S/C23H33FN2O3/c1-23(2,3)29-22(28)25-20-6-4-5-17-13-14-26(15-19(17)20)21(27)12-9-16-7-10-18(24)11-8-16/h7-8,10-11,17,19-20H,4-6,9,12-15H2,1-3H3,(H,25,28). The van der Waals surface area contributed by atoms with Crippen LogP contribution in [-0.2, 0) is 16.0 Å². The molecule has 29 heavy (non-hydrogen) atoms. The van der Waals surface area contributed by atoms with E-state index in [4.69, 9.17) is 4.74 Å². The van der Waals surface area contributed by atoms with Crippen molar-refractivity contribution in [1.29, 1.82) is 0 Å². The Morgan fingerprint density at radius 3 is 2.59 bits per heavy atom. The number of ether oxygens (including phenoxy) is 1. The summed E-state index contributed by atoms with van der Waals surface area (Å²) in [6, 6.07) is 6.38. The molecule has 3 atom stereocenters. The van der Waals surface area contributed by atoms with E-state index in [-0.39, 0.29) is 29.8 Å². The molecule has 0 bridgehead atoms. The second kappa shape index (κ2) is 9.14. The number of carbonyl (C=O) groups is 2. The summed E-state index contributed by atoms with van der Waals surface area (Å²) in [6.07, 6.45) is 4.84. The summed E-state index contributed by atoms with van der Waals surface area (Å²) in [4.78, 5) is 27.0. The van der Waals surface area contributed by atoms with Crippen LogP contribution in [0.15, 0.2) is 24.3 Å². The largest absolute Gasteiger partial charge is 0.444 e. The van der Waals surface area contributed by atoms with E-state index in [1.54, 1.807) is 12.1 Å². The first-order chi connectivity index (χ1) is 13.7. The fraction of sp³-hybridized carbons (Fsp3) is 0.652. The number of piperidine rings is 1. The van der Waals surface area contributed by atoms with E-state index in [0.717, 1.165) is 37.8 Å². The lowest BCUT2D eigenvalue weighted by atomic mass is 9.72. The summed E-state index contributed by atoms with van der Waals surface area (Å²) < 4.78 is 18.5. The molecule has 3 unspecified atom stereocenters. The van der Waals surface area contributed by atoms with Crippen molar-refractivity contribution in [3.05, 3.63) is 35.6 Å². The number of nitrogens with one attached hydrogen (secondary N) is 1. The summed E-state index contributed by atoms with van der Waals surface area (Å²) >= 11 is 0. The van der Waals surface area contributed by atoms with Crippen molar-refractivity contribution in [2.45, 2.75) is 70.9 Å². The summed E-state index contributed by atoms with van der Waals surface area (Å²) in [5.41, 5.74) is 0.448. The lowest BCUT2D eigenvalue weighted by Gasteiger charge is -2.45. The molecular weight excluding hydrogens is 371 g/mol. The first-order valence-corrected chi connectivity index (χ1v) is 10.7. The molecule has 0 spiro atoms. The number of alkyl carbamates (subject to hydrolysis) is 1. The quantitative estimate of drug-likeness (QED) is 0.814. The van der Waals surface area contributed by atoms with Gasteiger partial charge in [-0.15, -0.1) is 0 Å². The number of amides is 2. The third kappa shape index (κ3) is 6.18. The van der Waals surface area contributed by atoms with E-state index in [2.05, 4.69) is 5.32 Å². The molecule has 3 rings (SSSR count). The van der Waals surface area contributed by atoms with Crippen LogP contribution in [0.1, 0.15) is 58.4 Å². The molecular formula is C23H33FN2O3. The molecule has 1 aliphatic carbocycles. The number of rotatable bonds is 4. The molecule has 2 aliphatic rings. The molecule has 0 aromatic heterocycles. The Morgan fingerprint density at radius 1 is 1.17 bits per heavy atom. The van der Waals surface area contributed by atoms with Gasteiger partial charge in [0.15, 0.2) is 0 Å². The van der Waals surface area contributed by atoms with Gasteiger partial charge >= 0.3 is 6.09 Å². The molecule has 0 radical (unpaired) electrons. The smallest absolute Gasteiger partial charge is 0.407 e. The van der Waals surface area contributed by atoms with E-state index < -0.39 is 5.60 Å². The van der Waals surface area contributed by atoms with Gasteiger partial charge in [0, 0.05) is 25.6 Å². The van der Waals surface area contributed by atoms with Crippen molar-refractivity contribution in [2.24, 2.45) is 11.8 Å². The summed E-state index contributed by atoms with van der Waals surface area (Å²) in [5, 5.41) is 3.06. The third-order valence-electron chi connectivity index (χ3n) is 6.01. The van der Waals surface area contributed by atoms with Crippen LogP contribution in [0.25, 0.3) is 0 Å². The lowest BCUT2D eigenvalue weighted by Crippen LogP contribution is -2.54. The first-order valence-electron chi connectivity index (χ1n) is 10.7. The van der Waals surface area contributed by atoms with Crippen molar-refractivity contribution in [3.8, 4) is 0 Å². The molecule has 1 heterocycles. The van der Waals surface area contributed by atoms with Crippen LogP contribution in [0.5, 0.6) is 0 Å². The maximum atomic E-state index is 13.0. The molecule has 1 N–H and O–H groups in total. The average Bonchev–Trinajstić information content (AvgIpc) is 2.66. The van der Waals surface area contributed by atoms with Crippen molar-refractivity contribution in [1.82, 2.24) is 10.2 Å². The van der Waals surface area contributed by atoms with Crippen LogP contribution in [0.4, 0.5) is 9.18 Å². The van der Waals surface area contributed by atoms with Gasteiger partial charge in [-0.1, -0.05) is 18.6 Å². The zero-order valence-electron chi connectivity index (χ0n) is 17.7. The maximum absolute atomic E-state index is 13.0. The molecule has 1 saturated carbocycles. The van der Waals surface area contributed by atoms with Crippen molar-refractivity contribution >= 4 is 12.0 Å². The number of carbonyl (C=O) groups excluding carboxylic acids is 2. The Hall–Kier alpha value is -2.11. The number of aryl methyl sites for hydroxylation is 1. The SMILES string of the molecule is CC(C)(C)OC(=O)NC1CCCC2CCN(C(=O)CCc3ccc(F)cc3)CC21. The number of nitrogens with zero attached hydrogens (tertiary/aromatic N) is 1. The van der Waals surface area contributed by atoms with Gasteiger partial charge in [0.25, 0.3) is 0 Å². The van der Waals surface area contributed by atoms with E-state index in [0.29, 0.717) is 25.3 Å². The number of benzene rings is 1. The highest BCUT2D eigenvalue weighted by Gasteiger charge is 2.39. The first kappa shape index (κ1) is 21.6. The van der Waals surface area contributed by atoms with E-state index in [1.807, 2.05) is 25.7 Å². The third-order valence-corrected chi connectivity index (χ3v) is 6.01. The van der Waals surface area contributed by atoms with Crippen LogP contribution >= 0.6 is 0 Å². The highest BCUT2D eigenvalue weighted by Crippen LogP contribution is 2.36.